The van der Waals surface area contributed by atoms with Gasteiger partial charge < -0.3 is 14.7 Å². The number of anilines is 1. The highest BCUT2D eigenvalue weighted by molar-refractivity contribution is 5.46. The van der Waals surface area contributed by atoms with E-state index in [1.165, 1.54) is 24.9 Å². The maximum atomic E-state index is 10.6. The van der Waals surface area contributed by atoms with Crippen LogP contribution in [0.25, 0.3) is 0 Å². The molecule has 2 bridgehead atoms. The lowest BCUT2D eigenvalue weighted by atomic mass is 9.70. The average molecular weight is 373 g/mol. The molecule has 0 spiro atoms. The van der Waals surface area contributed by atoms with Crippen LogP contribution >= 0.6 is 0 Å². The first-order valence-corrected chi connectivity index (χ1v) is 10.7. The Morgan fingerprint density at radius 3 is 2.44 bits per heavy atom. The molecule has 1 aliphatic heterocycles. The molecule has 0 amide bonds. The molecular weight excluding hydrogens is 336 g/mol. The van der Waals surface area contributed by atoms with Crippen molar-refractivity contribution in [1.29, 1.82) is 0 Å². The second-order valence-electron chi connectivity index (χ2n) is 9.91. The topological polar surface area (TPSA) is 35.9 Å². The van der Waals surface area contributed by atoms with Crippen LogP contribution in [-0.2, 0) is 4.74 Å². The van der Waals surface area contributed by atoms with E-state index in [1.54, 1.807) is 0 Å². The largest absolute Gasteiger partial charge is 0.389 e. The third-order valence-electron chi connectivity index (χ3n) is 7.56. The molecule has 3 fully saturated rings. The van der Waals surface area contributed by atoms with E-state index in [2.05, 4.69) is 60.9 Å². The van der Waals surface area contributed by atoms with Crippen molar-refractivity contribution < 1.29 is 9.84 Å². The fraction of sp³-hybridized carbons (Fsp3) is 0.739. The quantitative estimate of drug-likeness (QED) is 0.830. The van der Waals surface area contributed by atoms with E-state index >= 15 is 0 Å². The summed E-state index contributed by atoms with van der Waals surface area (Å²) < 4.78 is 6.36. The second kappa shape index (κ2) is 7.38. The van der Waals surface area contributed by atoms with Crippen molar-refractivity contribution in [3.63, 3.8) is 0 Å². The number of piperazine rings is 1. The van der Waals surface area contributed by atoms with Gasteiger partial charge in [0.1, 0.15) is 0 Å². The van der Waals surface area contributed by atoms with Gasteiger partial charge in [0, 0.05) is 38.4 Å². The number of rotatable bonds is 6. The highest BCUT2D eigenvalue weighted by atomic mass is 16.5. The molecule has 1 heterocycles. The minimum Gasteiger partial charge on any atom is -0.389 e. The number of para-hydroxylation sites is 1. The summed E-state index contributed by atoms with van der Waals surface area (Å²) in [6, 6.07) is 10.6. The Labute approximate surface area is 164 Å². The van der Waals surface area contributed by atoms with Gasteiger partial charge in [0.25, 0.3) is 0 Å². The molecule has 4 rings (SSSR count). The lowest BCUT2D eigenvalue weighted by Crippen LogP contribution is -2.50. The van der Waals surface area contributed by atoms with E-state index in [9.17, 15) is 5.11 Å². The number of hydrogen-bond donors (Lipinski definition) is 1. The van der Waals surface area contributed by atoms with E-state index < -0.39 is 6.10 Å². The van der Waals surface area contributed by atoms with Crippen LogP contribution < -0.4 is 4.90 Å². The summed E-state index contributed by atoms with van der Waals surface area (Å²) in [6.45, 7) is 12.3. The van der Waals surface area contributed by atoms with Crippen molar-refractivity contribution >= 4 is 5.69 Å². The highest BCUT2D eigenvalue weighted by Crippen LogP contribution is 2.63. The van der Waals surface area contributed by atoms with Crippen LogP contribution in [0.3, 0.4) is 0 Å². The van der Waals surface area contributed by atoms with E-state index in [0.717, 1.165) is 38.6 Å². The normalized spacial score (nSPS) is 34.1. The average Bonchev–Trinajstić information content (AvgIpc) is 3.14. The maximum Gasteiger partial charge on any atom is 0.0900 e. The number of nitrogens with zero attached hydrogens (tertiary/aromatic N) is 2. The first kappa shape index (κ1) is 19.2. The molecule has 4 heteroatoms. The lowest BCUT2D eigenvalue weighted by Gasteiger charge is -2.43. The number of aliphatic hydroxyl groups excluding tert-OH is 1. The number of β-amino-alcohol motifs (C(OH)–C–C–N with tert-alkyl or cyclic N) is 1. The van der Waals surface area contributed by atoms with Crippen molar-refractivity contribution in [2.24, 2.45) is 16.7 Å². The SMILES string of the molecule is CC1(C)[C@H]2CC[C@@](C)(C2)[C@@H]1OC[C@H](O)CN1CCN(c2ccccc2)CC1. The third kappa shape index (κ3) is 3.76. The summed E-state index contributed by atoms with van der Waals surface area (Å²) in [7, 11) is 0. The van der Waals surface area contributed by atoms with Gasteiger partial charge in [-0.1, -0.05) is 39.0 Å². The van der Waals surface area contributed by atoms with Crippen LogP contribution in [0.5, 0.6) is 0 Å². The Balaban J connectivity index is 1.23. The first-order chi connectivity index (χ1) is 12.9. The Morgan fingerprint density at radius 2 is 1.81 bits per heavy atom. The van der Waals surface area contributed by atoms with Crippen molar-refractivity contribution in [2.75, 3.05) is 44.2 Å². The molecule has 4 nitrogen and oxygen atoms in total. The molecule has 1 aromatic carbocycles. The van der Waals surface area contributed by atoms with E-state index in [4.69, 9.17) is 4.74 Å². The maximum absolute atomic E-state index is 10.6. The number of fused-ring (bicyclic) bond motifs is 2. The van der Waals surface area contributed by atoms with Gasteiger partial charge in [0.15, 0.2) is 0 Å². The molecular formula is C23H36N2O2. The number of aliphatic hydroxyl groups is 1. The third-order valence-corrected chi connectivity index (χ3v) is 7.56. The van der Waals surface area contributed by atoms with Gasteiger partial charge in [-0.05, 0) is 48.1 Å². The summed E-state index contributed by atoms with van der Waals surface area (Å²) in [4.78, 5) is 4.80. The predicted molar refractivity (Wildman–Crippen MR) is 110 cm³/mol. The Morgan fingerprint density at radius 1 is 1.11 bits per heavy atom. The first-order valence-electron chi connectivity index (χ1n) is 10.7. The van der Waals surface area contributed by atoms with Gasteiger partial charge in [0.05, 0.1) is 18.8 Å². The molecule has 2 saturated carbocycles. The van der Waals surface area contributed by atoms with Gasteiger partial charge in [-0.15, -0.1) is 0 Å². The van der Waals surface area contributed by atoms with Crippen LogP contribution in [0, 0.1) is 16.7 Å². The smallest absolute Gasteiger partial charge is 0.0900 e. The van der Waals surface area contributed by atoms with Crippen LogP contribution in [0.1, 0.15) is 40.0 Å². The van der Waals surface area contributed by atoms with Crippen LogP contribution in [0.15, 0.2) is 30.3 Å². The summed E-state index contributed by atoms with van der Waals surface area (Å²) in [6.07, 6.45) is 3.81. The standard InChI is InChI=1S/C23H36N2O2/c1-22(2)18-9-10-23(3,15-18)21(22)27-17-20(26)16-24-11-13-25(14-12-24)19-7-5-4-6-8-19/h4-8,18,20-21,26H,9-17H2,1-3H3/t18-,20+,21+,23-/m0/s1. The van der Waals surface area contributed by atoms with Crippen molar-refractivity contribution in [2.45, 2.75) is 52.2 Å². The fourth-order valence-corrected chi connectivity index (χ4v) is 6.06. The molecule has 4 atom stereocenters. The minimum atomic E-state index is -0.396. The summed E-state index contributed by atoms with van der Waals surface area (Å²) >= 11 is 0. The number of ether oxygens (including phenoxy) is 1. The molecule has 1 N–H and O–H groups in total. The summed E-state index contributed by atoms with van der Waals surface area (Å²) in [5, 5.41) is 10.6. The molecule has 0 unspecified atom stereocenters. The van der Waals surface area contributed by atoms with E-state index in [0.29, 0.717) is 12.0 Å². The monoisotopic (exact) mass is 372 g/mol. The van der Waals surface area contributed by atoms with E-state index in [-0.39, 0.29) is 11.5 Å². The van der Waals surface area contributed by atoms with Gasteiger partial charge in [-0.2, -0.15) is 0 Å². The van der Waals surface area contributed by atoms with Crippen LogP contribution in [0.2, 0.25) is 0 Å². The van der Waals surface area contributed by atoms with Crippen LogP contribution in [0.4, 0.5) is 5.69 Å². The zero-order chi connectivity index (χ0) is 19.1. The molecule has 1 aromatic rings. The minimum absolute atomic E-state index is 0.244. The van der Waals surface area contributed by atoms with Crippen molar-refractivity contribution in [1.82, 2.24) is 4.90 Å². The lowest BCUT2D eigenvalue weighted by molar-refractivity contribution is -0.113. The van der Waals surface area contributed by atoms with Gasteiger partial charge >= 0.3 is 0 Å². The van der Waals surface area contributed by atoms with Gasteiger partial charge in [-0.25, -0.2) is 0 Å². The van der Waals surface area contributed by atoms with Crippen molar-refractivity contribution in [3.05, 3.63) is 30.3 Å². The van der Waals surface area contributed by atoms with E-state index in [1.807, 2.05) is 0 Å². The molecule has 2 aliphatic carbocycles. The molecule has 3 aliphatic rings. The van der Waals surface area contributed by atoms with Gasteiger partial charge in [0.2, 0.25) is 0 Å². The Kier molecular flexibility index (Phi) is 5.26. The molecule has 1 saturated heterocycles. The zero-order valence-corrected chi connectivity index (χ0v) is 17.2. The molecule has 0 aromatic heterocycles. The zero-order valence-electron chi connectivity index (χ0n) is 17.2. The molecule has 27 heavy (non-hydrogen) atoms. The number of benzene rings is 1. The van der Waals surface area contributed by atoms with Crippen LogP contribution in [-0.4, -0.2) is 61.5 Å². The second-order valence-corrected chi connectivity index (χ2v) is 9.91. The van der Waals surface area contributed by atoms with Gasteiger partial charge in [-0.3, -0.25) is 4.90 Å². The Bertz CT molecular complexity index is 622. The Hall–Kier alpha value is -1.10. The summed E-state index contributed by atoms with van der Waals surface area (Å²) in [5.74, 6) is 0.788. The summed E-state index contributed by atoms with van der Waals surface area (Å²) in [5.41, 5.74) is 1.86. The fourth-order valence-electron chi connectivity index (χ4n) is 6.06. The predicted octanol–water partition coefficient (Wildman–Crippen LogP) is 3.40. The highest BCUT2D eigenvalue weighted by Gasteiger charge is 2.60. The molecule has 0 radical (unpaired) electrons. The molecule has 150 valence electrons. The van der Waals surface area contributed by atoms with Crippen molar-refractivity contribution in [3.8, 4) is 0 Å². The number of hydrogen-bond acceptors (Lipinski definition) is 4.